The number of carbonyl (C=O) groups is 3. The van der Waals surface area contributed by atoms with E-state index in [9.17, 15) is 24.0 Å². The second kappa shape index (κ2) is 12.4. The lowest BCUT2D eigenvalue weighted by molar-refractivity contribution is 0.0548. The van der Waals surface area contributed by atoms with Gasteiger partial charge in [0.1, 0.15) is 35.7 Å². The van der Waals surface area contributed by atoms with Gasteiger partial charge in [0.05, 0.1) is 11.6 Å². The number of amides is 2. The maximum absolute atomic E-state index is 13.7. The molecule has 0 radical (unpaired) electrons. The monoisotopic (exact) mass is 660 g/mol. The van der Waals surface area contributed by atoms with Crippen molar-refractivity contribution >= 4 is 34.9 Å². The molecule has 3 heterocycles. The van der Waals surface area contributed by atoms with E-state index in [-0.39, 0.29) is 47.7 Å². The van der Waals surface area contributed by atoms with Crippen LogP contribution in [0.15, 0.2) is 65.0 Å². The third kappa shape index (κ3) is 5.60. The zero-order chi connectivity index (χ0) is 34.4. The van der Waals surface area contributed by atoms with E-state index in [1.54, 1.807) is 6.07 Å². The van der Waals surface area contributed by atoms with Crippen LogP contribution in [0.2, 0.25) is 0 Å². The summed E-state index contributed by atoms with van der Waals surface area (Å²) in [5.41, 5.74) is 11.0. The number of nitrogens with one attached hydrogen (secondary N) is 2. The van der Waals surface area contributed by atoms with Gasteiger partial charge in [0, 0.05) is 25.7 Å². The predicted molar refractivity (Wildman–Crippen MR) is 179 cm³/mol. The van der Waals surface area contributed by atoms with Crippen molar-refractivity contribution in [2.24, 2.45) is 0 Å². The highest BCUT2D eigenvalue weighted by Gasteiger charge is 2.30. The quantitative estimate of drug-likeness (QED) is 0.119. The van der Waals surface area contributed by atoms with Crippen LogP contribution < -0.4 is 32.1 Å². The average molecular weight is 661 g/mol. The summed E-state index contributed by atoms with van der Waals surface area (Å²) in [7, 11) is 0. The molecule has 1 aliphatic heterocycles. The largest absolute Gasteiger partial charge is 0.458 e. The first kappa shape index (κ1) is 31.4. The lowest BCUT2D eigenvalue weighted by atomic mass is 9.96. The Morgan fingerprint density at radius 2 is 1.92 bits per heavy atom. The first-order chi connectivity index (χ1) is 23.6. The Labute approximate surface area is 279 Å². The Morgan fingerprint density at radius 3 is 2.71 bits per heavy atom. The number of nitrogen functional groups attached to an aromatic ring is 1. The summed E-state index contributed by atoms with van der Waals surface area (Å²) in [6.07, 6.45) is 4.75. The van der Waals surface area contributed by atoms with Crippen molar-refractivity contribution in [1.29, 1.82) is 0 Å². The van der Waals surface area contributed by atoms with Crippen LogP contribution in [0.3, 0.4) is 0 Å². The standard InChI is InChI=1S/C35H32N8O6/c1-3-12-49-34(48)23-6-7-24-22(18(23)2)8-9-25(24)40-33(47)27-14-26(41-35-38-17-39-43(27)35)32(46)37-15-19-4-5-20-10-11-42(16-21(20)13-19)29-28(36)30(44)31(29)45/h3-7,13-14,17,25H,1,8-12,15-16,36H2,2H3,(H,37,46)(H,40,47)/t25-/m0/s1. The number of nitrogens with two attached hydrogens (primary N) is 1. The van der Waals surface area contributed by atoms with Crippen LogP contribution in [0, 0.1) is 6.92 Å². The normalized spacial score (nSPS) is 15.1. The van der Waals surface area contributed by atoms with Crippen LogP contribution in [0.5, 0.6) is 0 Å². The van der Waals surface area contributed by atoms with Crippen LogP contribution >= 0.6 is 0 Å². The summed E-state index contributed by atoms with van der Waals surface area (Å²) in [6.45, 7) is 6.74. The summed E-state index contributed by atoms with van der Waals surface area (Å²) >= 11 is 0. The zero-order valence-electron chi connectivity index (χ0n) is 26.6. The summed E-state index contributed by atoms with van der Waals surface area (Å²) < 4.78 is 6.50. The first-order valence-corrected chi connectivity index (χ1v) is 15.8. The van der Waals surface area contributed by atoms with E-state index < -0.39 is 28.6 Å². The average Bonchev–Trinajstić information content (AvgIpc) is 3.76. The number of hydrogen-bond acceptors (Lipinski definition) is 11. The first-order valence-electron chi connectivity index (χ1n) is 15.8. The third-order valence-electron chi connectivity index (χ3n) is 9.24. The number of rotatable bonds is 9. The van der Waals surface area contributed by atoms with E-state index in [1.165, 1.54) is 23.0 Å². The molecule has 0 spiro atoms. The SMILES string of the molecule is C=CCOC(=O)c1ccc2c(c1C)CC[C@@H]2NC(=O)c1cc(C(=O)NCc2ccc3c(c2)CN(c2c(N)c(=O)c2=O)CC3)nc2ncnn12. The number of ether oxygens (including phenoxy) is 1. The summed E-state index contributed by atoms with van der Waals surface area (Å²) in [4.78, 5) is 73.4. The number of carbonyl (C=O) groups excluding carboxylic acids is 3. The number of benzene rings is 2. The Kier molecular flexibility index (Phi) is 7.98. The summed E-state index contributed by atoms with van der Waals surface area (Å²) in [5, 5.41) is 10.1. The molecule has 1 atom stereocenters. The van der Waals surface area contributed by atoms with Gasteiger partial charge in [0.15, 0.2) is 0 Å². The molecule has 3 aromatic carbocycles. The van der Waals surface area contributed by atoms with Crippen molar-refractivity contribution in [3.05, 3.63) is 126 Å². The maximum Gasteiger partial charge on any atom is 0.338 e. The molecule has 7 rings (SSSR count). The molecular formula is C35H32N8O6. The van der Waals surface area contributed by atoms with Crippen LogP contribution in [-0.2, 0) is 30.7 Å². The maximum atomic E-state index is 13.7. The highest BCUT2D eigenvalue weighted by molar-refractivity contribution is 5.98. The van der Waals surface area contributed by atoms with Crippen molar-refractivity contribution < 1.29 is 19.1 Å². The molecule has 0 bridgehead atoms. The van der Waals surface area contributed by atoms with E-state index in [4.69, 9.17) is 10.5 Å². The molecule has 2 aromatic heterocycles. The third-order valence-corrected chi connectivity index (χ3v) is 9.24. The van der Waals surface area contributed by atoms with Crippen molar-refractivity contribution in [2.45, 2.75) is 45.3 Å². The fourth-order valence-electron chi connectivity index (χ4n) is 6.68. The van der Waals surface area contributed by atoms with Gasteiger partial charge in [-0.2, -0.15) is 14.6 Å². The highest BCUT2D eigenvalue weighted by Crippen LogP contribution is 2.35. The topological polar surface area (TPSA) is 191 Å². The smallest absolute Gasteiger partial charge is 0.338 e. The lowest BCUT2D eigenvalue weighted by Gasteiger charge is -2.32. The van der Waals surface area contributed by atoms with Gasteiger partial charge in [0.25, 0.3) is 28.4 Å². The van der Waals surface area contributed by atoms with Gasteiger partial charge in [-0.25, -0.2) is 9.78 Å². The van der Waals surface area contributed by atoms with E-state index in [2.05, 4.69) is 32.3 Å². The molecule has 0 saturated heterocycles. The fourth-order valence-corrected chi connectivity index (χ4v) is 6.68. The van der Waals surface area contributed by atoms with Crippen molar-refractivity contribution in [3.8, 4) is 0 Å². The Morgan fingerprint density at radius 1 is 1.08 bits per heavy atom. The molecule has 2 amide bonds. The number of fused-ring (bicyclic) bond motifs is 3. The second-order valence-electron chi connectivity index (χ2n) is 12.1. The molecule has 49 heavy (non-hydrogen) atoms. The molecule has 14 heteroatoms. The molecule has 14 nitrogen and oxygen atoms in total. The van der Waals surface area contributed by atoms with E-state index in [0.29, 0.717) is 37.9 Å². The van der Waals surface area contributed by atoms with Gasteiger partial charge in [-0.15, -0.1) is 0 Å². The van der Waals surface area contributed by atoms with Gasteiger partial charge >= 0.3 is 5.97 Å². The van der Waals surface area contributed by atoms with E-state index in [0.717, 1.165) is 33.4 Å². The molecule has 0 unspecified atom stereocenters. The molecule has 0 saturated carbocycles. The predicted octanol–water partition coefficient (Wildman–Crippen LogP) is 1.86. The number of esters is 1. The fraction of sp³-hybridized carbons (Fsp3) is 0.257. The molecule has 248 valence electrons. The van der Waals surface area contributed by atoms with Crippen molar-refractivity contribution in [1.82, 2.24) is 30.2 Å². The second-order valence-corrected chi connectivity index (χ2v) is 12.1. The Balaban J connectivity index is 1.05. The number of aromatic nitrogens is 4. The van der Waals surface area contributed by atoms with Gasteiger partial charge in [-0.05, 0) is 65.6 Å². The summed E-state index contributed by atoms with van der Waals surface area (Å²) in [6, 6.07) is 10.5. The molecular weight excluding hydrogens is 628 g/mol. The van der Waals surface area contributed by atoms with Gasteiger partial charge < -0.3 is 26.0 Å². The number of hydrogen-bond donors (Lipinski definition) is 3. The van der Waals surface area contributed by atoms with Crippen molar-refractivity contribution in [3.63, 3.8) is 0 Å². The highest BCUT2D eigenvalue weighted by atomic mass is 16.5. The minimum atomic E-state index is -0.645. The lowest BCUT2D eigenvalue weighted by Crippen LogP contribution is -2.44. The molecule has 2 aliphatic rings. The van der Waals surface area contributed by atoms with Crippen LogP contribution in [0.4, 0.5) is 11.4 Å². The molecule has 5 aromatic rings. The van der Waals surface area contributed by atoms with Crippen molar-refractivity contribution in [2.75, 3.05) is 23.8 Å². The van der Waals surface area contributed by atoms with E-state index >= 15 is 0 Å². The zero-order valence-corrected chi connectivity index (χ0v) is 26.6. The Hall–Kier alpha value is -6.18. The molecule has 4 N–H and O–H groups in total. The summed E-state index contributed by atoms with van der Waals surface area (Å²) in [5.74, 6) is -1.30. The Bertz CT molecular complexity index is 2270. The van der Waals surface area contributed by atoms with Crippen LogP contribution in [0.1, 0.15) is 77.2 Å². The van der Waals surface area contributed by atoms with Gasteiger partial charge in [0.2, 0.25) is 0 Å². The van der Waals surface area contributed by atoms with Gasteiger partial charge in [-0.3, -0.25) is 19.2 Å². The number of anilines is 2. The number of nitrogens with zero attached hydrogens (tertiary/aromatic N) is 5. The van der Waals surface area contributed by atoms with Gasteiger partial charge in [-0.1, -0.05) is 36.9 Å². The van der Waals surface area contributed by atoms with E-state index in [1.807, 2.05) is 36.1 Å². The minimum absolute atomic E-state index is 0.00235. The van der Waals surface area contributed by atoms with Crippen LogP contribution in [-0.4, -0.2) is 50.5 Å². The van der Waals surface area contributed by atoms with Crippen LogP contribution in [0.25, 0.3) is 5.78 Å². The minimum Gasteiger partial charge on any atom is -0.458 e. The molecule has 1 aliphatic carbocycles. The molecule has 0 fully saturated rings.